The van der Waals surface area contributed by atoms with Gasteiger partial charge in [0, 0.05) is 41.2 Å². The number of benzene rings is 1. The third-order valence-corrected chi connectivity index (χ3v) is 7.44. The third-order valence-electron chi connectivity index (χ3n) is 5.97. The number of carbonyl (C=O) groups is 1. The number of hydrogen-bond donors (Lipinski definition) is 3. The summed E-state index contributed by atoms with van der Waals surface area (Å²) in [5, 5.41) is 4.25. The Balaban J connectivity index is 1.82. The number of alkyl carbamates (subject to hydrolysis) is 1. The fourth-order valence-electron chi connectivity index (χ4n) is 4.30. The Morgan fingerprint density at radius 3 is 2.55 bits per heavy atom. The smallest absolute Gasteiger partial charge is 0.408 e. The van der Waals surface area contributed by atoms with Crippen LogP contribution in [0.1, 0.15) is 88.7 Å². The Bertz CT molecular complexity index is 1180. The minimum Gasteiger partial charge on any atom is -0.444 e. The topological polar surface area (TPSA) is 123 Å². The Labute approximate surface area is 195 Å². The van der Waals surface area contributed by atoms with Crippen molar-refractivity contribution in [2.45, 2.75) is 82.4 Å². The van der Waals surface area contributed by atoms with Gasteiger partial charge >= 0.3 is 6.09 Å². The number of nitrogens with two attached hydrogens (primary N) is 1. The monoisotopic (exact) mass is 474 g/mol. The predicted octanol–water partition coefficient (Wildman–Crippen LogP) is 4.02. The highest BCUT2D eigenvalue weighted by Crippen LogP contribution is 2.46. The van der Waals surface area contributed by atoms with Crippen molar-refractivity contribution in [3.63, 3.8) is 0 Å². The molecule has 0 spiro atoms. The van der Waals surface area contributed by atoms with Crippen LogP contribution >= 0.6 is 0 Å². The van der Waals surface area contributed by atoms with Gasteiger partial charge in [0.15, 0.2) is 0 Å². The molecule has 0 radical (unpaired) electrons. The SMILES string of the molecule is CC(C)CNS(=O)(=O)c1cc2c(c3cnc(C4CC4)cc13)C(NC(=O)OC(C)(C)C)CC2N. The maximum absolute atomic E-state index is 13.3. The Morgan fingerprint density at radius 1 is 1.24 bits per heavy atom. The summed E-state index contributed by atoms with van der Waals surface area (Å²) in [5.41, 5.74) is 8.24. The second kappa shape index (κ2) is 8.52. The van der Waals surface area contributed by atoms with Crippen LogP contribution in [0.2, 0.25) is 0 Å². The number of sulfonamides is 1. The van der Waals surface area contributed by atoms with Crippen molar-refractivity contribution in [2.24, 2.45) is 11.7 Å². The average molecular weight is 475 g/mol. The molecule has 2 aliphatic rings. The molecule has 2 aromatic rings. The molecule has 1 saturated carbocycles. The van der Waals surface area contributed by atoms with Crippen LogP contribution in [0, 0.1) is 5.92 Å². The zero-order valence-corrected chi connectivity index (χ0v) is 20.8. The van der Waals surface area contributed by atoms with Crippen LogP contribution in [-0.2, 0) is 14.8 Å². The van der Waals surface area contributed by atoms with Gasteiger partial charge in [0.2, 0.25) is 10.0 Å². The highest BCUT2D eigenvalue weighted by molar-refractivity contribution is 7.89. The van der Waals surface area contributed by atoms with E-state index in [0.717, 1.165) is 29.7 Å². The van der Waals surface area contributed by atoms with Crippen molar-refractivity contribution in [1.29, 1.82) is 0 Å². The lowest BCUT2D eigenvalue weighted by Gasteiger charge is -2.23. The zero-order chi connectivity index (χ0) is 24.1. The maximum atomic E-state index is 13.3. The van der Waals surface area contributed by atoms with Crippen molar-refractivity contribution >= 4 is 26.9 Å². The highest BCUT2D eigenvalue weighted by atomic mass is 32.2. The summed E-state index contributed by atoms with van der Waals surface area (Å²) < 4.78 is 34.8. The van der Waals surface area contributed by atoms with E-state index in [-0.39, 0.29) is 16.9 Å². The molecule has 1 aromatic heterocycles. The fourth-order valence-corrected chi connectivity index (χ4v) is 5.75. The van der Waals surface area contributed by atoms with Gasteiger partial charge in [-0.3, -0.25) is 4.98 Å². The van der Waals surface area contributed by atoms with Crippen LogP contribution in [0.15, 0.2) is 23.2 Å². The van der Waals surface area contributed by atoms with Gasteiger partial charge in [-0.25, -0.2) is 17.9 Å². The summed E-state index contributed by atoms with van der Waals surface area (Å²) >= 11 is 0. The zero-order valence-electron chi connectivity index (χ0n) is 19.9. The van der Waals surface area contributed by atoms with Gasteiger partial charge < -0.3 is 15.8 Å². The molecule has 1 heterocycles. The number of hydrogen-bond acceptors (Lipinski definition) is 6. The predicted molar refractivity (Wildman–Crippen MR) is 127 cm³/mol. The number of pyridine rings is 1. The van der Waals surface area contributed by atoms with E-state index in [4.69, 9.17) is 10.5 Å². The van der Waals surface area contributed by atoms with Crippen LogP contribution in [0.4, 0.5) is 4.79 Å². The molecular weight excluding hydrogens is 440 g/mol. The molecule has 8 nitrogen and oxygen atoms in total. The van der Waals surface area contributed by atoms with E-state index in [1.165, 1.54) is 0 Å². The van der Waals surface area contributed by atoms with Crippen molar-refractivity contribution in [1.82, 2.24) is 15.0 Å². The van der Waals surface area contributed by atoms with Crippen LogP contribution in [0.3, 0.4) is 0 Å². The van der Waals surface area contributed by atoms with E-state index < -0.39 is 27.8 Å². The fraction of sp³-hybridized carbons (Fsp3) is 0.583. The Hall–Kier alpha value is -2.23. The highest BCUT2D eigenvalue weighted by Gasteiger charge is 2.36. The lowest BCUT2D eigenvalue weighted by Crippen LogP contribution is -2.34. The molecule has 1 aromatic carbocycles. The summed E-state index contributed by atoms with van der Waals surface area (Å²) in [6.07, 6.45) is 3.79. The molecular formula is C24H34N4O4S. The van der Waals surface area contributed by atoms with Crippen molar-refractivity contribution < 1.29 is 17.9 Å². The average Bonchev–Trinajstić information content (AvgIpc) is 3.49. The third kappa shape index (κ3) is 5.15. The standard InChI is InChI=1S/C24H34N4O4S/c1-13(2)11-27-33(30,31)21-9-16-18(25)10-20(28-23(29)32-24(3,4)5)22(16)17-12-26-19(8-15(17)21)14-6-7-14/h8-9,12-14,18,20,27H,6-7,10-11,25H2,1-5H3,(H,28,29). The van der Waals surface area contributed by atoms with E-state index >= 15 is 0 Å². The van der Waals surface area contributed by atoms with E-state index in [1.807, 2.05) is 19.9 Å². The normalized spacial score (nSPS) is 20.8. The Kier molecular flexibility index (Phi) is 6.18. The maximum Gasteiger partial charge on any atom is 0.408 e. The Morgan fingerprint density at radius 2 is 1.94 bits per heavy atom. The van der Waals surface area contributed by atoms with Crippen molar-refractivity contribution in [3.8, 4) is 0 Å². The number of nitrogens with zero attached hydrogens (tertiary/aromatic N) is 1. The summed E-state index contributed by atoms with van der Waals surface area (Å²) in [4.78, 5) is 17.4. The lowest BCUT2D eigenvalue weighted by molar-refractivity contribution is 0.0503. The van der Waals surface area contributed by atoms with E-state index in [1.54, 1.807) is 33.0 Å². The molecule has 2 atom stereocenters. The molecule has 33 heavy (non-hydrogen) atoms. The van der Waals surface area contributed by atoms with Crippen molar-refractivity contribution in [2.75, 3.05) is 6.54 Å². The molecule has 4 N–H and O–H groups in total. The van der Waals surface area contributed by atoms with E-state index in [9.17, 15) is 13.2 Å². The first kappa shape index (κ1) is 23.9. The second-order valence-corrected chi connectivity index (χ2v) is 12.3. The van der Waals surface area contributed by atoms with Crippen LogP contribution in [0.5, 0.6) is 0 Å². The number of fused-ring (bicyclic) bond motifs is 3. The minimum absolute atomic E-state index is 0.175. The van der Waals surface area contributed by atoms with Gasteiger partial charge in [0.1, 0.15) is 5.60 Å². The molecule has 2 unspecified atom stereocenters. The number of nitrogens with one attached hydrogen (secondary N) is 2. The summed E-state index contributed by atoms with van der Waals surface area (Å²) in [6, 6.07) is 2.78. The molecule has 9 heteroatoms. The first-order valence-electron chi connectivity index (χ1n) is 11.6. The van der Waals surface area contributed by atoms with Gasteiger partial charge in [-0.15, -0.1) is 0 Å². The van der Waals surface area contributed by atoms with Crippen LogP contribution in [0.25, 0.3) is 10.8 Å². The van der Waals surface area contributed by atoms with Gasteiger partial charge in [-0.2, -0.15) is 0 Å². The molecule has 0 saturated heterocycles. The molecule has 180 valence electrons. The number of amides is 1. The molecule has 1 amide bonds. The molecule has 2 aliphatic carbocycles. The number of rotatable bonds is 6. The molecule has 4 rings (SSSR count). The largest absolute Gasteiger partial charge is 0.444 e. The molecule has 0 aliphatic heterocycles. The molecule has 1 fully saturated rings. The summed E-state index contributed by atoms with van der Waals surface area (Å²) in [6.45, 7) is 9.68. The number of aromatic nitrogens is 1. The van der Waals surface area contributed by atoms with Gasteiger partial charge in [-0.1, -0.05) is 13.8 Å². The second-order valence-electron chi connectivity index (χ2n) is 10.6. The first-order chi connectivity index (χ1) is 15.4. The van der Waals surface area contributed by atoms with E-state index in [2.05, 4.69) is 15.0 Å². The number of ether oxygens (including phenoxy) is 1. The van der Waals surface area contributed by atoms with Gasteiger partial charge in [0.05, 0.1) is 10.9 Å². The number of carbonyl (C=O) groups excluding carboxylic acids is 1. The summed E-state index contributed by atoms with van der Waals surface area (Å²) in [5.74, 6) is 0.550. The molecule has 0 bridgehead atoms. The lowest BCUT2D eigenvalue weighted by atomic mass is 9.99. The van der Waals surface area contributed by atoms with E-state index in [0.29, 0.717) is 29.7 Å². The minimum atomic E-state index is -3.76. The van der Waals surface area contributed by atoms with Crippen molar-refractivity contribution in [3.05, 3.63) is 35.2 Å². The van der Waals surface area contributed by atoms with Gasteiger partial charge in [0.25, 0.3) is 0 Å². The first-order valence-corrected chi connectivity index (χ1v) is 13.0. The van der Waals surface area contributed by atoms with Crippen LogP contribution in [-0.4, -0.2) is 31.6 Å². The van der Waals surface area contributed by atoms with Crippen LogP contribution < -0.4 is 15.8 Å². The summed E-state index contributed by atoms with van der Waals surface area (Å²) in [7, 11) is -3.76. The quantitative estimate of drug-likeness (QED) is 0.581. The van der Waals surface area contributed by atoms with Gasteiger partial charge in [-0.05, 0) is 69.2 Å².